The molecule has 1 saturated heterocycles. The molecule has 3 heterocycles. The van der Waals surface area contributed by atoms with Crippen LogP contribution in [0, 0.1) is 0 Å². The van der Waals surface area contributed by atoms with Crippen LogP contribution in [0.5, 0.6) is 0 Å². The Morgan fingerprint density at radius 2 is 2.04 bits per heavy atom. The van der Waals surface area contributed by atoms with Crippen molar-refractivity contribution in [3.8, 4) is 0 Å². The molecule has 1 aromatic carbocycles. The molecule has 2 aliphatic rings. The zero-order valence-corrected chi connectivity index (χ0v) is 15.8. The van der Waals surface area contributed by atoms with Crippen molar-refractivity contribution in [3.63, 3.8) is 0 Å². The van der Waals surface area contributed by atoms with E-state index in [1.807, 2.05) is 30.3 Å². The topological polar surface area (TPSA) is 71.0 Å². The highest BCUT2D eigenvalue weighted by molar-refractivity contribution is 7.22. The van der Waals surface area contributed by atoms with Crippen LogP contribution in [0.4, 0.5) is 5.13 Å². The Labute approximate surface area is 161 Å². The minimum absolute atomic E-state index is 0.0732. The lowest BCUT2D eigenvalue weighted by atomic mass is 10.2. The van der Waals surface area contributed by atoms with Crippen molar-refractivity contribution in [2.45, 2.75) is 44.2 Å². The van der Waals surface area contributed by atoms with E-state index in [2.05, 4.69) is 20.2 Å². The summed E-state index contributed by atoms with van der Waals surface area (Å²) in [5.41, 5.74) is 3.01. The molecule has 0 spiro atoms. The summed E-state index contributed by atoms with van der Waals surface area (Å²) in [6, 6.07) is 9.85. The molecule has 1 saturated carbocycles. The Balaban J connectivity index is 1.35. The van der Waals surface area contributed by atoms with Gasteiger partial charge in [-0.05, 0) is 31.2 Å². The van der Waals surface area contributed by atoms with Crippen LogP contribution in [0.15, 0.2) is 36.7 Å². The molecule has 0 bridgehead atoms. The first-order chi connectivity index (χ1) is 13.3. The van der Waals surface area contributed by atoms with Crippen LogP contribution in [0.1, 0.15) is 42.9 Å². The van der Waals surface area contributed by atoms with Crippen LogP contribution in [0.3, 0.4) is 0 Å². The zero-order chi connectivity index (χ0) is 18.2. The van der Waals surface area contributed by atoms with Crippen molar-refractivity contribution >= 4 is 32.7 Å². The molecule has 2 fully saturated rings. The molecule has 1 aliphatic heterocycles. The van der Waals surface area contributed by atoms with E-state index in [0.717, 1.165) is 46.1 Å². The molecule has 138 valence electrons. The Bertz CT molecular complexity index is 969. The average molecular weight is 379 g/mol. The third-order valence-corrected chi connectivity index (χ3v) is 6.39. The third-order valence-electron chi connectivity index (χ3n) is 5.28. The second-order valence-electron chi connectivity index (χ2n) is 7.24. The van der Waals surface area contributed by atoms with Crippen LogP contribution < -0.4 is 10.2 Å². The van der Waals surface area contributed by atoms with Gasteiger partial charge in [-0.1, -0.05) is 41.7 Å². The number of thiazole rings is 1. The van der Waals surface area contributed by atoms with E-state index in [0.29, 0.717) is 12.5 Å². The van der Waals surface area contributed by atoms with Crippen molar-refractivity contribution in [1.82, 2.24) is 20.3 Å². The first-order valence-corrected chi connectivity index (χ1v) is 10.3. The Hall–Kier alpha value is -2.54. The number of fused-ring (bicyclic) bond motifs is 1. The third kappa shape index (κ3) is 3.27. The number of amides is 1. The fourth-order valence-electron chi connectivity index (χ4n) is 3.70. The van der Waals surface area contributed by atoms with Crippen LogP contribution in [-0.2, 0) is 11.3 Å². The summed E-state index contributed by atoms with van der Waals surface area (Å²) in [5, 5.41) is 3.98. The lowest BCUT2D eigenvalue weighted by molar-refractivity contribution is -0.122. The van der Waals surface area contributed by atoms with Crippen LogP contribution in [-0.4, -0.2) is 33.4 Å². The highest BCUT2D eigenvalue weighted by Crippen LogP contribution is 2.44. The number of nitrogens with one attached hydrogen (secondary N) is 1. The van der Waals surface area contributed by atoms with E-state index in [1.54, 1.807) is 17.7 Å². The van der Waals surface area contributed by atoms with Gasteiger partial charge in [-0.3, -0.25) is 4.79 Å². The van der Waals surface area contributed by atoms with Crippen molar-refractivity contribution in [3.05, 3.63) is 47.9 Å². The van der Waals surface area contributed by atoms with Crippen LogP contribution >= 0.6 is 11.3 Å². The molecule has 2 aromatic heterocycles. The van der Waals surface area contributed by atoms with Crippen LogP contribution in [0.25, 0.3) is 10.3 Å². The second-order valence-corrected chi connectivity index (χ2v) is 8.21. The first kappa shape index (κ1) is 16.6. The maximum Gasteiger partial charge on any atom is 0.243 e. The molecule has 3 aromatic rings. The number of aromatic nitrogens is 3. The SMILES string of the molecule is O=C(NCc1ccccc1)C1CCCN1c1nc2ncnc(C3CC3)c2s1. The summed E-state index contributed by atoms with van der Waals surface area (Å²) in [5.74, 6) is 0.636. The Morgan fingerprint density at radius 3 is 2.85 bits per heavy atom. The molecule has 1 aliphatic carbocycles. The molecule has 1 amide bonds. The minimum atomic E-state index is -0.161. The largest absolute Gasteiger partial charge is 0.350 e. The van der Waals surface area contributed by atoms with Gasteiger partial charge in [-0.25, -0.2) is 9.97 Å². The van der Waals surface area contributed by atoms with E-state index in [1.165, 1.54) is 12.8 Å². The van der Waals surface area contributed by atoms with Crippen molar-refractivity contribution in [1.29, 1.82) is 0 Å². The lowest BCUT2D eigenvalue weighted by Gasteiger charge is -2.23. The lowest BCUT2D eigenvalue weighted by Crippen LogP contribution is -2.43. The molecular formula is C20H21N5OS. The highest BCUT2D eigenvalue weighted by Gasteiger charge is 2.34. The average Bonchev–Trinajstić information content (AvgIpc) is 3.26. The van der Waals surface area contributed by atoms with Gasteiger partial charge in [-0.2, -0.15) is 4.98 Å². The molecule has 6 nitrogen and oxygen atoms in total. The van der Waals surface area contributed by atoms with Gasteiger partial charge >= 0.3 is 0 Å². The van der Waals surface area contributed by atoms with E-state index >= 15 is 0 Å². The number of rotatable bonds is 5. The van der Waals surface area contributed by atoms with Crippen molar-refractivity contribution < 1.29 is 4.79 Å². The number of carbonyl (C=O) groups excluding carboxylic acids is 1. The van der Waals surface area contributed by atoms with E-state index in [9.17, 15) is 4.79 Å². The number of hydrogen-bond donors (Lipinski definition) is 1. The van der Waals surface area contributed by atoms with Crippen molar-refractivity contribution in [2.75, 3.05) is 11.4 Å². The molecule has 1 unspecified atom stereocenters. The number of benzene rings is 1. The second kappa shape index (κ2) is 6.88. The maximum absolute atomic E-state index is 12.8. The number of carbonyl (C=O) groups is 1. The summed E-state index contributed by atoms with van der Waals surface area (Å²) in [6.45, 7) is 1.41. The van der Waals surface area contributed by atoms with Crippen LogP contribution in [0.2, 0.25) is 0 Å². The summed E-state index contributed by atoms with van der Waals surface area (Å²) in [6.07, 6.45) is 5.88. The molecular weight excluding hydrogens is 358 g/mol. The van der Waals surface area contributed by atoms with E-state index < -0.39 is 0 Å². The van der Waals surface area contributed by atoms with Gasteiger partial charge in [0.2, 0.25) is 5.91 Å². The van der Waals surface area contributed by atoms with E-state index in [4.69, 9.17) is 4.98 Å². The van der Waals surface area contributed by atoms with Crippen molar-refractivity contribution in [2.24, 2.45) is 0 Å². The van der Waals surface area contributed by atoms with Gasteiger partial charge in [0.1, 0.15) is 12.4 Å². The van der Waals surface area contributed by atoms with Gasteiger partial charge < -0.3 is 10.2 Å². The molecule has 27 heavy (non-hydrogen) atoms. The van der Waals surface area contributed by atoms with Gasteiger partial charge in [0, 0.05) is 19.0 Å². The predicted octanol–water partition coefficient (Wildman–Crippen LogP) is 3.25. The van der Waals surface area contributed by atoms with Gasteiger partial charge in [0.15, 0.2) is 10.8 Å². The molecule has 1 N–H and O–H groups in total. The monoisotopic (exact) mass is 379 g/mol. The number of nitrogens with zero attached hydrogens (tertiary/aromatic N) is 4. The van der Waals surface area contributed by atoms with E-state index in [-0.39, 0.29) is 11.9 Å². The highest BCUT2D eigenvalue weighted by atomic mass is 32.1. The standard InChI is InChI=1S/C20H21N5OS/c26-19(21-11-13-5-2-1-3-6-13)15-7-4-10-25(15)20-24-18-17(27-20)16(14-8-9-14)22-12-23-18/h1-3,5-6,12,14-15H,4,7-11H2,(H,21,26). The summed E-state index contributed by atoms with van der Waals surface area (Å²) < 4.78 is 1.09. The first-order valence-electron chi connectivity index (χ1n) is 9.49. The number of hydrogen-bond acceptors (Lipinski definition) is 6. The Kier molecular flexibility index (Phi) is 4.24. The minimum Gasteiger partial charge on any atom is -0.350 e. The Morgan fingerprint density at radius 1 is 1.19 bits per heavy atom. The zero-order valence-electron chi connectivity index (χ0n) is 15.0. The maximum atomic E-state index is 12.8. The van der Waals surface area contributed by atoms with Gasteiger partial charge in [0.25, 0.3) is 0 Å². The molecule has 0 radical (unpaired) electrons. The predicted molar refractivity (Wildman–Crippen MR) is 106 cm³/mol. The molecule has 1 atom stereocenters. The van der Waals surface area contributed by atoms with Gasteiger partial charge in [-0.15, -0.1) is 0 Å². The fourth-order valence-corrected chi connectivity index (χ4v) is 4.87. The number of anilines is 1. The smallest absolute Gasteiger partial charge is 0.243 e. The molecule has 5 rings (SSSR count). The van der Waals surface area contributed by atoms with Gasteiger partial charge in [0.05, 0.1) is 10.4 Å². The summed E-state index contributed by atoms with van der Waals surface area (Å²) >= 11 is 1.63. The molecule has 7 heteroatoms. The quantitative estimate of drug-likeness (QED) is 0.737. The fraction of sp³-hybridized carbons (Fsp3) is 0.400. The summed E-state index contributed by atoms with van der Waals surface area (Å²) in [4.78, 5) is 28.5. The summed E-state index contributed by atoms with van der Waals surface area (Å²) in [7, 11) is 0. The normalized spacial score (nSPS) is 19.6.